The molecule has 1 heterocycles. The smallest absolute Gasteiger partial charge is 0.191 e. The van der Waals surface area contributed by atoms with Crippen molar-refractivity contribution in [2.75, 3.05) is 60.2 Å². The minimum Gasteiger partial charge on any atom is -0.497 e. The summed E-state index contributed by atoms with van der Waals surface area (Å²) in [6.07, 6.45) is 0. The quantitative estimate of drug-likeness (QED) is 0.214. The predicted octanol–water partition coefficient (Wildman–Crippen LogP) is 3.07. The standard InChI is InChI=1S/C23H31FN4O3.HI/c1-25-23(26-11-14-31-21-9-7-20(29-2)8-10-21)27-17-22(28-12-15-30-16-13-28)18-3-5-19(24)6-4-18;/h3-10,22H,11-17H2,1-2H3,(H2,25,26,27);1H. The summed E-state index contributed by atoms with van der Waals surface area (Å²) in [6, 6.07) is 14.3. The molecule has 0 bridgehead atoms. The summed E-state index contributed by atoms with van der Waals surface area (Å²) in [5.74, 6) is 2.05. The third-order valence-electron chi connectivity index (χ3n) is 5.15. The number of rotatable bonds is 9. The number of hydrogen-bond acceptors (Lipinski definition) is 5. The number of guanidine groups is 1. The third-order valence-corrected chi connectivity index (χ3v) is 5.15. The van der Waals surface area contributed by atoms with E-state index in [1.807, 2.05) is 36.4 Å². The van der Waals surface area contributed by atoms with E-state index in [0.29, 0.717) is 38.9 Å². The highest BCUT2D eigenvalue weighted by molar-refractivity contribution is 14.0. The van der Waals surface area contributed by atoms with Crippen molar-refractivity contribution in [1.29, 1.82) is 0 Å². The van der Waals surface area contributed by atoms with Gasteiger partial charge in [0.1, 0.15) is 23.9 Å². The summed E-state index contributed by atoms with van der Waals surface area (Å²) in [4.78, 5) is 6.65. The van der Waals surface area contributed by atoms with Crippen LogP contribution in [0.15, 0.2) is 53.5 Å². The molecule has 9 heteroatoms. The van der Waals surface area contributed by atoms with Crippen LogP contribution in [0.3, 0.4) is 0 Å². The molecular formula is C23H32FIN4O3. The number of ether oxygens (including phenoxy) is 3. The lowest BCUT2D eigenvalue weighted by Crippen LogP contribution is -2.46. The van der Waals surface area contributed by atoms with Crippen LogP contribution in [0.5, 0.6) is 11.5 Å². The molecule has 1 aliphatic heterocycles. The highest BCUT2D eigenvalue weighted by Gasteiger charge is 2.23. The Labute approximate surface area is 206 Å². The lowest BCUT2D eigenvalue weighted by atomic mass is 10.0. The third kappa shape index (κ3) is 8.10. The van der Waals surface area contributed by atoms with Crippen molar-refractivity contribution in [2.45, 2.75) is 6.04 Å². The van der Waals surface area contributed by atoms with E-state index in [-0.39, 0.29) is 35.8 Å². The normalized spacial score (nSPS) is 15.4. The van der Waals surface area contributed by atoms with Gasteiger partial charge in [0.05, 0.1) is 32.9 Å². The maximum atomic E-state index is 13.4. The highest BCUT2D eigenvalue weighted by atomic mass is 127. The van der Waals surface area contributed by atoms with Crippen LogP contribution in [0.4, 0.5) is 4.39 Å². The van der Waals surface area contributed by atoms with Gasteiger partial charge in [0.25, 0.3) is 0 Å². The fourth-order valence-electron chi connectivity index (χ4n) is 3.46. The fourth-order valence-corrected chi connectivity index (χ4v) is 3.46. The molecule has 1 fully saturated rings. The number of hydrogen-bond donors (Lipinski definition) is 2. The summed E-state index contributed by atoms with van der Waals surface area (Å²) in [5, 5.41) is 6.65. The molecule has 0 saturated carbocycles. The van der Waals surface area contributed by atoms with Gasteiger partial charge in [0, 0.05) is 26.7 Å². The van der Waals surface area contributed by atoms with Crippen molar-refractivity contribution in [1.82, 2.24) is 15.5 Å². The van der Waals surface area contributed by atoms with E-state index < -0.39 is 0 Å². The second-order valence-electron chi connectivity index (χ2n) is 7.12. The molecule has 0 radical (unpaired) electrons. The molecule has 0 amide bonds. The van der Waals surface area contributed by atoms with Crippen molar-refractivity contribution in [3.8, 4) is 11.5 Å². The molecule has 32 heavy (non-hydrogen) atoms. The van der Waals surface area contributed by atoms with Crippen molar-refractivity contribution in [3.05, 3.63) is 59.9 Å². The van der Waals surface area contributed by atoms with Crippen LogP contribution in [0.25, 0.3) is 0 Å². The van der Waals surface area contributed by atoms with E-state index in [1.54, 1.807) is 14.2 Å². The van der Waals surface area contributed by atoms with E-state index in [1.165, 1.54) is 12.1 Å². The Morgan fingerprint density at radius 2 is 1.72 bits per heavy atom. The molecule has 176 valence electrons. The zero-order valence-electron chi connectivity index (χ0n) is 18.6. The van der Waals surface area contributed by atoms with E-state index in [4.69, 9.17) is 14.2 Å². The number of benzene rings is 2. The van der Waals surface area contributed by atoms with Gasteiger partial charge in [-0.2, -0.15) is 0 Å². The van der Waals surface area contributed by atoms with Gasteiger partial charge in [-0.15, -0.1) is 24.0 Å². The molecule has 1 atom stereocenters. The minimum absolute atomic E-state index is 0. The first-order valence-corrected chi connectivity index (χ1v) is 10.5. The van der Waals surface area contributed by atoms with Crippen LogP contribution in [0, 0.1) is 5.82 Å². The summed E-state index contributed by atoms with van der Waals surface area (Å²) in [7, 11) is 3.37. The fraction of sp³-hybridized carbons (Fsp3) is 0.435. The molecule has 1 saturated heterocycles. The number of halogens is 2. The maximum absolute atomic E-state index is 13.4. The first-order valence-electron chi connectivity index (χ1n) is 10.5. The highest BCUT2D eigenvalue weighted by Crippen LogP contribution is 2.21. The molecule has 2 aromatic rings. The largest absolute Gasteiger partial charge is 0.497 e. The van der Waals surface area contributed by atoms with Crippen LogP contribution in [-0.4, -0.2) is 71.0 Å². The minimum atomic E-state index is -0.230. The van der Waals surface area contributed by atoms with E-state index in [0.717, 1.165) is 30.2 Å². The van der Waals surface area contributed by atoms with Gasteiger partial charge in [-0.05, 0) is 42.0 Å². The Morgan fingerprint density at radius 3 is 2.34 bits per heavy atom. The number of morpholine rings is 1. The molecule has 7 nitrogen and oxygen atoms in total. The predicted molar refractivity (Wildman–Crippen MR) is 135 cm³/mol. The number of nitrogens with zero attached hydrogens (tertiary/aromatic N) is 2. The summed E-state index contributed by atoms with van der Waals surface area (Å²) in [6.45, 7) is 4.82. The second-order valence-corrected chi connectivity index (χ2v) is 7.12. The molecule has 0 aromatic heterocycles. The Balaban J connectivity index is 0.00000363. The molecule has 2 N–H and O–H groups in total. The number of nitrogens with one attached hydrogen (secondary N) is 2. The summed E-state index contributed by atoms with van der Waals surface area (Å²) >= 11 is 0. The Kier molecular flexibility index (Phi) is 11.5. The Hall–Kier alpha value is -2.11. The molecule has 1 unspecified atom stereocenters. The first kappa shape index (κ1) is 26.1. The van der Waals surface area contributed by atoms with Crippen LogP contribution in [-0.2, 0) is 4.74 Å². The number of methoxy groups -OCH3 is 1. The lowest BCUT2D eigenvalue weighted by Gasteiger charge is -2.35. The van der Waals surface area contributed by atoms with Crippen molar-refractivity contribution < 1.29 is 18.6 Å². The first-order chi connectivity index (χ1) is 15.2. The van der Waals surface area contributed by atoms with Gasteiger partial charge in [0.2, 0.25) is 0 Å². The van der Waals surface area contributed by atoms with E-state index >= 15 is 0 Å². The molecule has 0 aliphatic carbocycles. The average molecular weight is 558 g/mol. The van der Waals surface area contributed by atoms with E-state index in [9.17, 15) is 4.39 Å². The maximum Gasteiger partial charge on any atom is 0.191 e. The zero-order valence-corrected chi connectivity index (χ0v) is 20.9. The summed E-state index contributed by atoms with van der Waals surface area (Å²) in [5.41, 5.74) is 1.06. The van der Waals surface area contributed by atoms with Crippen LogP contribution in [0.1, 0.15) is 11.6 Å². The Morgan fingerprint density at radius 1 is 1.06 bits per heavy atom. The van der Waals surface area contributed by atoms with Crippen LogP contribution in [0.2, 0.25) is 0 Å². The van der Waals surface area contributed by atoms with Gasteiger partial charge in [-0.3, -0.25) is 9.89 Å². The second kappa shape index (κ2) is 14.1. The van der Waals surface area contributed by atoms with E-state index in [2.05, 4.69) is 20.5 Å². The topological polar surface area (TPSA) is 67.4 Å². The molecule has 1 aliphatic rings. The van der Waals surface area contributed by atoms with Gasteiger partial charge >= 0.3 is 0 Å². The SMILES string of the molecule is CN=C(NCCOc1ccc(OC)cc1)NCC(c1ccc(F)cc1)N1CCOCC1.I. The van der Waals surface area contributed by atoms with Crippen molar-refractivity contribution in [2.24, 2.45) is 4.99 Å². The zero-order chi connectivity index (χ0) is 21.9. The summed E-state index contributed by atoms with van der Waals surface area (Å²) < 4.78 is 29.8. The number of aliphatic imine (C=N–C) groups is 1. The van der Waals surface area contributed by atoms with Gasteiger partial charge in [-0.25, -0.2) is 4.39 Å². The van der Waals surface area contributed by atoms with Gasteiger partial charge in [-0.1, -0.05) is 12.1 Å². The molecular weight excluding hydrogens is 526 g/mol. The van der Waals surface area contributed by atoms with Crippen LogP contribution >= 0.6 is 24.0 Å². The molecule has 2 aromatic carbocycles. The van der Waals surface area contributed by atoms with Gasteiger partial charge in [0.15, 0.2) is 5.96 Å². The molecule has 3 rings (SSSR count). The Bertz CT molecular complexity index is 815. The molecule has 0 spiro atoms. The van der Waals surface area contributed by atoms with Crippen molar-refractivity contribution >= 4 is 29.9 Å². The monoisotopic (exact) mass is 558 g/mol. The lowest BCUT2D eigenvalue weighted by molar-refractivity contribution is 0.0170. The average Bonchev–Trinajstić information content (AvgIpc) is 2.82. The van der Waals surface area contributed by atoms with Gasteiger partial charge < -0.3 is 24.8 Å². The van der Waals surface area contributed by atoms with Crippen molar-refractivity contribution in [3.63, 3.8) is 0 Å². The van der Waals surface area contributed by atoms with Crippen LogP contribution < -0.4 is 20.1 Å².